The number of allylic oxidation sites excluding steroid dienone is 1. The van der Waals surface area contributed by atoms with Crippen molar-refractivity contribution in [1.29, 1.82) is 0 Å². The van der Waals surface area contributed by atoms with Crippen LogP contribution in [0.15, 0.2) is 58.0 Å². The maximum Gasteiger partial charge on any atom is 0.348 e. The van der Waals surface area contributed by atoms with Crippen LogP contribution in [0.1, 0.15) is 39.9 Å². The molecular weight excluding hydrogens is 568 g/mol. The molecule has 2 aliphatic rings. The molecule has 5 heterocycles. The predicted molar refractivity (Wildman–Crippen MR) is 152 cm³/mol. The summed E-state index contributed by atoms with van der Waals surface area (Å²) in [5.41, 5.74) is 4.27. The third kappa shape index (κ3) is 5.21. The van der Waals surface area contributed by atoms with Crippen LogP contribution < -0.4 is 5.56 Å². The Morgan fingerprint density at radius 1 is 1.22 bits per heavy atom. The average Bonchev–Trinajstić information content (AvgIpc) is 3.77. The van der Waals surface area contributed by atoms with Crippen molar-refractivity contribution in [2.45, 2.75) is 25.3 Å². The quantitative estimate of drug-likeness (QED) is 0.299. The number of hydrogen-bond acceptors (Lipinski definition) is 10. The highest BCUT2D eigenvalue weighted by molar-refractivity contribution is 7.12. The number of carbonyl (C=O) groups excluding carboxylic acids is 2. The third-order valence-electron chi connectivity index (χ3n) is 6.95. The van der Waals surface area contributed by atoms with Crippen molar-refractivity contribution in [1.82, 2.24) is 34.7 Å². The summed E-state index contributed by atoms with van der Waals surface area (Å²) < 4.78 is 8.33. The van der Waals surface area contributed by atoms with E-state index in [1.54, 1.807) is 49.1 Å². The van der Waals surface area contributed by atoms with Gasteiger partial charge in [-0.3, -0.25) is 19.1 Å². The summed E-state index contributed by atoms with van der Waals surface area (Å²) in [6, 6.07) is 8.28. The second-order valence-electron chi connectivity index (χ2n) is 9.75. The molecular formula is C27H23ClN8O4S. The SMILES string of the molecule is CN(C)C(=O)COC(=O)c1cc(C2=CN=C([C@@H]3CCc4nc(-c5cc(Cl)ccc5-n5cnnn5)cc(=O)n43)C2)cs1. The predicted octanol–water partition coefficient (Wildman–Crippen LogP) is 3.22. The van der Waals surface area contributed by atoms with E-state index >= 15 is 0 Å². The Morgan fingerprint density at radius 2 is 2.07 bits per heavy atom. The minimum Gasteiger partial charge on any atom is -0.451 e. The Labute approximate surface area is 242 Å². The lowest BCUT2D eigenvalue weighted by Gasteiger charge is -2.16. The van der Waals surface area contributed by atoms with Gasteiger partial charge in [-0.05, 0) is 57.6 Å². The Balaban J connectivity index is 1.19. The van der Waals surface area contributed by atoms with Gasteiger partial charge in [0.25, 0.3) is 11.5 Å². The number of fused-ring (bicyclic) bond motifs is 1. The fourth-order valence-electron chi connectivity index (χ4n) is 4.85. The summed E-state index contributed by atoms with van der Waals surface area (Å²) in [5, 5.41) is 13.7. The molecule has 1 amide bonds. The van der Waals surface area contributed by atoms with E-state index < -0.39 is 5.97 Å². The van der Waals surface area contributed by atoms with Crippen molar-refractivity contribution in [3.05, 3.63) is 79.9 Å². The maximum atomic E-state index is 13.4. The molecule has 41 heavy (non-hydrogen) atoms. The Bertz CT molecular complexity index is 1790. The largest absolute Gasteiger partial charge is 0.451 e. The first-order valence-corrected chi connectivity index (χ1v) is 13.9. The van der Waals surface area contributed by atoms with Crippen LogP contribution >= 0.6 is 22.9 Å². The van der Waals surface area contributed by atoms with Crippen LogP contribution in [0.5, 0.6) is 0 Å². The van der Waals surface area contributed by atoms with Gasteiger partial charge in [-0.1, -0.05) is 11.6 Å². The van der Waals surface area contributed by atoms with E-state index in [2.05, 4.69) is 20.5 Å². The zero-order chi connectivity index (χ0) is 28.7. The summed E-state index contributed by atoms with van der Waals surface area (Å²) in [5.74, 6) is -0.165. The highest BCUT2D eigenvalue weighted by Crippen LogP contribution is 2.35. The van der Waals surface area contributed by atoms with E-state index in [1.165, 1.54) is 33.3 Å². The van der Waals surface area contributed by atoms with Gasteiger partial charge in [0, 0.05) is 55.5 Å². The molecule has 0 aliphatic carbocycles. The number of thiophene rings is 1. The number of rotatable bonds is 7. The molecule has 14 heteroatoms. The molecule has 12 nitrogen and oxygen atoms in total. The lowest BCUT2D eigenvalue weighted by atomic mass is 10.0. The normalized spacial score (nSPS) is 15.8. The summed E-state index contributed by atoms with van der Waals surface area (Å²) in [6.45, 7) is -0.309. The topological polar surface area (TPSA) is 137 Å². The Kier molecular flexibility index (Phi) is 7.05. The van der Waals surface area contributed by atoms with Crippen molar-refractivity contribution >= 4 is 46.1 Å². The van der Waals surface area contributed by atoms with E-state index in [0.29, 0.717) is 51.9 Å². The molecule has 0 bridgehead atoms. The van der Waals surface area contributed by atoms with Crippen LogP contribution in [0.3, 0.4) is 0 Å². The Hall–Kier alpha value is -4.49. The van der Waals surface area contributed by atoms with Gasteiger partial charge in [-0.25, -0.2) is 9.78 Å². The number of carbonyl (C=O) groups is 2. The number of tetrazole rings is 1. The zero-order valence-corrected chi connectivity index (χ0v) is 23.6. The van der Waals surface area contributed by atoms with Gasteiger partial charge < -0.3 is 9.64 Å². The van der Waals surface area contributed by atoms with Gasteiger partial charge in [0.15, 0.2) is 6.61 Å². The van der Waals surface area contributed by atoms with Crippen LogP contribution in [0.2, 0.25) is 5.02 Å². The molecule has 0 fully saturated rings. The highest BCUT2D eigenvalue weighted by atomic mass is 35.5. The van der Waals surface area contributed by atoms with E-state index in [1.807, 2.05) is 5.38 Å². The lowest BCUT2D eigenvalue weighted by molar-refractivity contribution is -0.131. The molecule has 208 valence electrons. The molecule has 0 spiro atoms. The van der Waals surface area contributed by atoms with E-state index in [9.17, 15) is 14.4 Å². The molecule has 0 radical (unpaired) electrons. The zero-order valence-electron chi connectivity index (χ0n) is 22.0. The molecule has 1 aromatic carbocycles. The van der Waals surface area contributed by atoms with Crippen molar-refractivity contribution in [2.75, 3.05) is 20.7 Å². The van der Waals surface area contributed by atoms with Crippen molar-refractivity contribution in [2.24, 2.45) is 4.99 Å². The second-order valence-corrected chi connectivity index (χ2v) is 11.1. The van der Waals surface area contributed by atoms with Gasteiger partial charge in [0.05, 0.1) is 17.4 Å². The third-order valence-corrected chi connectivity index (χ3v) is 8.09. The summed E-state index contributed by atoms with van der Waals surface area (Å²) in [7, 11) is 3.20. The van der Waals surface area contributed by atoms with Crippen LogP contribution in [0.4, 0.5) is 0 Å². The van der Waals surface area contributed by atoms with Crippen LogP contribution in [-0.4, -0.2) is 72.9 Å². The lowest BCUT2D eigenvalue weighted by Crippen LogP contribution is -2.28. The second kappa shape index (κ2) is 10.8. The minimum atomic E-state index is -0.544. The molecule has 2 aliphatic heterocycles. The summed E-state index contributed by atoms with van der Waals surface area (Å²) in [6.07, 6.45) is 5.10. The monoisotopic (exact) mass is 590 g/mol. The number of nitrogens with zero attached hydrogens (tertiary/aromatic N) is 8. The standard InChI is InChI=1S/C27H23ClN8O4S/c1-34(2)26(38)12-40-27(39)23-8-16(13-41-23)15-7-20(29-11-15)22-5-6-24-31-19(10-25(37)36(22)24)18-9-17(28)3-4-21(18)35-14-30-32-33-35/h3-4,8-11,13-14,22H,5-7,12H2,1-2H3/t22-/m0/s1. The number of hydrogen-bond donors (Lipinski definition) is 0. The molecule has 1 atom stereocenters. The van der Waals surface area contributed by atoms with Crippen molar-refractivity contribution < 1.29 is 14.3 Å². The molecule has 0 unspecified atom stereocenters. The number of halogens is 1. The summed E-state index contributed by atoms with van der Waals surface area (Å²) >= 11 is 7.53. The number of esters is 1. The molecule has 0 saturated heterocycles. The number of aryl methyl sites for hydroxylation is 1. The minimum absolute atomic E-state index is 0.181. The van der Waals surface area contributed by atoms with Gasteiger partial charge in [0.1, 0.15) is 17.0 Å². The van der Waals surface area contributed by atoms with Crippen molar-refractivity contribution in [3.63, 3.8) is 0 Å². The molecule has 0 N–H and O–H groups in total. The average molecular weight is 591 g/mol. The number of ether oxygens (including phenoxy) is 1. The first-order valence-electron chi connectivity index (χ1n) is 12.7. The van der Waals surface area contributed by atoms with Crippen molar-refractivity contribution in [3.8, 4) is 16.9 Å². The van der Waals surface area contributed by atoms with Crippen LogP contribution in [0, 0.1) is 0 Å². The number of aliphatic imine (C=N–C) groups is 1. The Morgan fingerprint density at radius 3 is 2.85 bits per heavy atom. The number of likely N-dealkylation sites (N-methyl/N-ethyl adjacent to an activating group) is 1. The highest BCUT2D eigenvalue weighted by Gasteiger charge is 2.31. The van der Waals surface area contributed by atoms with E-state index in [-0.39, 0.29) is 24.1 Å². The molecule has 3 aromatic heterocycles. The van der Waals surface area contributed by atoms with Gasteiger partial charge in [-0.15, -0.1) is 16.4 Å². The van der Waals surface area contributed by atoms with Gasteiger partial charge in [-0.2, -0.15) is 4.68 Å². The number of amides is 1. The van der Waals surface area contributed by atoms with Crippen LogP contribution in [-0.2, 0) is 16.0 Å². The molecule has 0 saturated carbocycles. The van der Waals surface area contributed by atoms with Gasteiger partial charge >= 0.3 is 5.97 Å². The van der Waals surface area contributed by atoms with E-state index in [0.717, 1.165) is 16.8 Å². The smallest absolute Gasteiger partial charge is 0.348 e. The first-order chi connectivity index (χ1) is 19.8. The molecule has 6 rings (SSSR count). The fraction of sp³-hybridized carbons (Fsp3) is 0.259. The van der Waals surface area contributed by atoms with Gasteiger partial charge in [0.2, 0.25) is 0 Å². The first kappa shape index (κ1) is 26.7. The van der Waals surface area contributed by atoms with Crippen LogP contribution in [0.25, 0.3) is 22.5 Å². The summed E-state index contributed by atoms with van der Waals surface area (Å²) in [4.78, 5) is 48.8. The fourth-order valence-corrected chi connectivity index (χ4v) is 5.84. The number of benzene rings is 1. The molecule has 4 aromatic rings. The van der Waals surface area contributed by atoms with E-state index in [4.69, 9.17) is 21.3 Å². The maximum absolute atomic E-state index is 13.4. The number of aromatic nitrogens is 6.